The van der Waals surface area contributed by atoms with Crippen molar-refractivity contribution in [2.24, 2.45) is 21.8 Å². The van der Waals surface area contributed by atoms with E-state index in [2.05, 4.69) is 15.6 Å². The van der Waals surface area contributed by atoms with Crippen LogP contribution in [0.5, 0.6) is 0 Å². The molecule has 1 aromatic heterocycles. The second-order valence-corrected chi connectivity index (χ2v) is 12.9. The number of hydrogen-bond acceptors (Lipinski definition) is 10. The van der Waals surface area contributed by atoms with E-state index in [1.807, 2.05) is 6.92 Å². The van der Waals surface area contributed by atoms with Gasteiger partial charge in [0.25, 0.3) is 16.8 Å². The Labute approximate surface area is 256 Å². The predicted octanol–water partition coefficient (Wildman–Crippen LogP) is 5.06. The summed E-state index contributed by atoms with van der Waals surface area (Å²) in [6.45, 7) is 7.13. The molecule has 242 valence electrons. The fourth-order valence-electron chi connectivity index (χ4n) is 3.92. The molecule has 0 saturated carbocycles. The van der Waals surface area contributed by atoms with Gasteiger partial charge in [0.2, 0.25) is 0 Å². The summed E-state index contributed by atoms with van der Waals surface area (Å²) < 4.78 is 78.6. The van der Waals surface area contributed by atoms with Crippen LogP contribution >= 0.6 is 0 Å². The Morgan fingerprint density at radius 2 is 1.67 bits per heavy atom. The number of esters is 1. The smallest absolute Gasteiger partial charge is 0.435 e. The van der Waals surface area contributed by atoms with Crippen molar-refractivity contribution in [3.63, 3.8) is 0 Å². The van der Waals surface area contributed by atoms with E-state index >= 15 is 0 Å². The molecule has 1 fully saturated rings. The van der Waals surface area contributed by atoms with E-state index in [1.54, 1.807) is 49.8 Å². The number of sulfonamides is 1. The van der Waals surface area contributed by atoms with Gasteiger partial charge in [-0.3, -0.25) is 9.80 Å². The van der Waals surface area contributed by atoms with Crippen LogP contribution in [-0.2, 0) is 35.3 Å². The van der Waals surface area contributed by atoms with Gasteiger partial charge in [0.1, 0.15) is 0 Å². The van der Waals surface area contributed by atoms with Crippen molar-refractivity contribution < 1.29 is 45.5 Å². The quantitative estimate of drug-likeness (QED) is 0.104. The molecule has 1 aliphatic rings. The van der Waals surface area contributed by atoms with Crippen LogP contribution < -0.4 is 4.72 Å². The molecule has 0 unspecified atom stereocenters. The second kappa shape index (κ2) is 13.1. The molecule has 1 N–H and O–H groups in total. The summed E-state index contributed by atoms with van der Waals surface area (Å²) in [4.78, 5) is 28.3. The highest BCUT2D eigenvalue weighted by Crippen LogP contribution is 2.33. The Morgan fingerprint density at radius 3 is 2.27 bits per heavy atom. The lowest BCUT2D eigenvalue weighted by Crippen LogP contribution is -2.46. The second-order valence-electron chi connectivity index (χ2n) is 11.2. The van der Waals surface area contributed by atoms with Gasteiger partial charge in [-0.2, -0.15) is 18.3 Å². The Kier molecular flexibility index (Phi) is 9.70. The molecule has 2 aromatic carbocycles. The van der Waals surface area contributed by atoms with Crippen molar-refractivity contribution in [1.82, 2.24) is 19.5 Å². The molecule has 1 saturated heterocycles. The Bertz CT molecular complexity index is 1650. The minimum Gasteiger partial charge on any atom is -0.448 e. The number of carbonyl (C=O) groups excluding carboxylic acids is 2. The van der Waals surface area contributed by atoms with E-state index < -0.39 is 46.2 Å². The number of rotatable bonds is 10. The zero-order valence-electron chi connectivity index (χ0n) is 24.7. The standard InChI is InChI=1S/C28H31F3N6O7S/c1-18-5-7-20(8-6-18)23-13-24(28(29,30)31)32-37(23)21-9-11-22(12-10-21)45(40,41)33-26(39)42-16-19-14-36(15-19)34-35-44-17-43-25(38)27(2,3)4/h5-13,19H,14-17H2,1-4H3,(H,33,39)/b35-34-. The van der Waals surface area contributed by atoms with Crippen molar-refractivity contribution in [2.45, 2.75) is 38.8 Å². The molecule has 2 heterocycles. The zero-order chi connectivity index (χ0) is 33.0. The minimum atomic E-state index is -4.70. The van der Waals surface area contributed by atoms with Crippen molar-refractivity contribution in [1.29, 1.82) is 0 Å². The van der Waals surface area contributed by atoms with E-state index in [0.717, 1.165) is 28.4 Å². The maximum Gasteiger partial charge on any atom is 0.435 e. The first-order valence-corrected chi connectivity index (χ1v) is 15.0. The molecule has 1 amide bonds. The maximum absolute atomic E-state index is 13.5. The van der Waals surface area contributed by atoms with Crippen LogP contribution in [-0.4, -0.2) is 61.8 Å². The maximum atomic E-state index is 13.5. The molecule has 3 aromatic rings. The van der Waals surface area contributed by atoms with Crippen LogP contribution in [0, 0.1) is 18.3 Å². The molecule has 17 heteroatoms. The van der Waals surface area contributed by atoms with Gasteiger partial charge in [0.05, 0.1) is 28.3 Å². The minimum absolute atomic E-state index is 0.0982. The van der Waals surface area contributed by atoms with Crippen LogP contribution in [0.2, 0.25) is 0 Å². The predicted molar refractivity (Wildman–Crippen MR) is 152 cm³/mol. The van der Waals surface area contributed by atoms with Crippen LogP contribution in [0.1, 0.15) is 32.0 Å². The van der Waals surface area contributed by atoms with Gasteiger partial charge in [-0.1, -0.05) is 29.8 Å². The number of carbonyl (C=O) groups is 2. The number of alkyl halides is 3. The third-order valence-corrected chi connectivity index (χ3v) is 7.75. The van der Waals surface area contributed by atoms with Crippen molar-refractivity contribution in [3.8, 4) is 16.9 Å². The highest BCUT2D eigenvalue weighted by molar-refractivity contribution is 7.90. The van der Waals surface area contributed by atoms with Crippen LogP contribution in [0.15, 0.2) is 70.0 Å². The Morgan fingerprint density at radius 1 is 1.02 bits per heavy atom. The molecule has 4 rings (SSSR count). The summed E-state index contributed by atoms with van der Waals surface area (Å²) in [5.41, 5.74) is -0.0573. The molecular weight excluding hydrogens is 621 g/mol. The average Bonchev–Trinajstić information content (AvgIpc) is 3.39. The highest BCUT2D eigenvalue weighted by atomic mass is 32.2. The van der Waals surface area contributed by atoms with E-state index in [0.29, 0.717) is 18.7 Å². The molecule has 45 heavy (non-hydrogen) atoms. The van der Waals surface area contributed by atoms with Crippen molar-refractivity contribution in [2.75, 3.05) is 26.5 Å². The van der Waals surface area contributed by atoms with Crippen molar-refractivity contribution in [3.05, 3.63) is 65.9 Å². The SMILES string of the molecule is Cc1ccc(-c2cc(C(F)(F)F)nn2-c2ccc(S(=O)(=O)NC(=O)OCC3CN(/N=N\OCOC(=O)C(C)(C)C)C3)cc2)cc1. The first kappa shape index (κ1) is 33.2. The normalized spacial score (nSPS) is 14.2. The zero-order valence-corrected chi connectivity index (χ0v) is 25.6. The van der Waals surface area contributed by atoms with Crippen molar-refractivity contribution >= 4 is 22.1 Å². The van der Waals surface area contributed by atoms with E-state index in [9.17, 15) is 31.2 Å². The largest absolute Gasteiger partial charge is 0.448 e. The van der Waals surface area contributed by atoms with Crippen LogP contribution in [0.25, 0.3) is 16.9 Å². The van der Waals surface area contributed by atoms with Gasteiger partial charge >= 0.3 is 18.2 Å². The third kappa shape index (κ3) is 8.71. The van der Waals surface area contributed by atoms with Gasteiger partial charge < -0.3 is 14.3 Å². The molecule has 1 aliphatic heterocycles. The average molecular weight is 653 g/mol. The summed E-state index contributed by atoms with van der Waals surface area (Å²) in [6.07, 6.45) is -5.90. The fraction of sp³-hybridized carbons (Fsp3) is 0.393. The molecule has 0 aliphatic carbocycles. The van der Waals surface area contributed by atoms with E-state index in [1.165, 1.54) is 17.1 Å². The Hall–Kier alpha value is -4.67. The number of nitrogens with one attached hydrogen (secondary N) is 1. The van der Waals surface area contributed by atoms with Gasteiger partial charge in [0, 0.05) is 29.8 Å². The first-order chi connectivity index (χ1) is 21.0. The lowest BCUT2D eigenvalue weighted by molar-refractivity contribution is -0.167. The summed E-state index contributed by atoms with van der Waals surface area (Å²) >= 11 is 0. The topological polar surface area (TPSA) is 154 Å². The van der Waals surface area contributed by atoms with Crippen LogP contribution in [0.3, 0.4) is 0 Å². The van der Waals surface area contributed by atoms with Gasteiger partial charge in [0.15, 0.2) is 5.69 Å². The van der Waals surface area contributed by atoms with Gasteiger partial charge in [-0.25, -0.2) is 22.6 Å². The number of nitrogens with zero attached hydrogens (tertiary/aromatic N) is 5. The monoisotopic (exact) mass is 652 g/mol. The van der Waals surface area contributed by atoms with Crippen LogP contribution in [0.4, 0.5) is 18.0 Å². The Balaban J connectivity index is 1.29. The number of hydrogen-bond donors (Lipinski definition) is 1. The highest BCUT2D eigenvalue weighted by Gasteiger charge is 2.35. The first-order valence-electron chi connectivity index (χ1n) is 13.5. The molecule has 13 nitrogen and oxygen atoms in total. The number of benzene rings is 2. The summed E-state index contributed by atoms with van der Waals surface area (Å²) in [5.74, 6) is -0.602. The summed E-state index contributed by atoms with van der Waals surface area (Å²) in [5, 5.41) is 12.4. The molecule has 0 bridgehead atoms. The molecule has 0 spiro atoms. The van der Waals surface area contributed by atoms with E-state index in [4.69, 9.17) is 14.3 Å². The molecule has 0 atom stereocenters. The van der Waals surface area contributed by atoms with Gasteiger partial charge in [-0.15, -0.1) is 0 Å². The summed E-state index contributed by atoms with van der Waals surface area (Å²) in [6, 6.07) is 12.6. The number of amides is 1. The van der Waals surface area contributed by atoms with E-state index in [-0.39, 0.29) is 28.8 Å². The fourth-order valence-corrected chi connectivity index (χ4v) is 4.81. The molecular formula is C28H31F3N6O7S. The molecule has 0 radical (unpaired) electrons. The number of halogens is 3. The number of ether oxygens (including phenoxy) is 2. The third-order valence-electron chi connectivity index (χ3n) is 6.42. The lowest BCUT2D eigenvalue weighted by atomic mass is 9.98. The summed E-state index contributed by atoms with van der Waals surface area (Å²) in [7, 11) is -4.35. The number of aromatic nitrogens is 2. The number of aryl methyl sites for hydroxylation is 1. The lowest BCUT2D eigenvalue weighted by Gasteiger charge is -2.34. The van der Waals surface area contributed by atoms with Gasteiger partial charge in [-0.05, 0) is 63.3 Å².